The minimum atomic E-state index is -0.354. The molecule has 0 N–H and O–H groups in total. The van der Waals surface area contributed by atoms with Gasteiger partial charge in [0.25, 0.3) is 5.91 Å². The summed E-state index contributed by atoms with van der Waals surface area (Å²) in [5, 5.41) is 0. The zero-order chi connectivity index (χ0) is 16.5. The van der Waals surface area contributed by atoms with Crippen LogP contribution in [0.3, 0.4) is 0 Å². The van der Waals surface area contributed by atoms with Gasteiger partial charge in [0.05, 0.1) is 18.6 Å². The van der Waals surface area contributed by atoms with Crippen LogP contribution in [0.15, 0.2) is 71.6 Å². The molecule has 1 aliphatic heterocycles. The van der Waals surface area contributed by atoms with E-state index in [0.29, 0.717) is 13.1 Å². The van der Waals surface area contributed by atoms with E-state index in [1.807, 2.05) is 70.3 Å². The lowest BCUT2D eigenvalue weighted by molar-refractivity contribution is -0.136. The molecule has 128 valence electrons. The lowest BCUT2D eigenvalue weighted by atomic mass is 10.0. The molecule has 4 rings (SSSR count). The van der Waals surface area contributed by atoms with Gasteiger partial charge >= 0.3 is 0 Å². The highest BCUT2D eigenvalue weighted by molar-refractivity contribution is 9.10. The fourth-order valence-electron chi connectivity index (χ4n) is 3.14. The van der Waals surface area contributed by atoms with Gasteiger partial charge in [-0.3, -0.25) is 4.79 Å². The second-order valence-electron chi connectivity index (χ2n) is 5.93. The topological polar surface area (TPSA) is 38.1 Å². The van der Waals surface area contributed by atoms with Gasteiger partial charge < -0.3 is 9.47 Å². The Morgan fingerprint density at radius 3 is 2.52 bits per heavy atom. The first-order chi connectivity index (χ1) is 11.7. The van der Waals surface area contributed by atoms with Gasteiger partial charge in [0.15, 0.2) is 0 Å². The standard InChI is InChI=1S/C19H16BrN3O.ClH/c20-16-8-6-15(7-9-16)18-19(24)22(11-14-4-2-1-3-5-14)12-17-10-21-13-23(17)18;/h1-10,13,18H,11-12H2;1H. The van der Waals surface area contributed by atoms with Gasteiger partial charge in [0.1, 0.15) is 6.04 Å². The average Bonchev–Trinajstić information content (AvgIpc) is 3.06. The van der Waals surface area contributed by atoms with Crippen LogP contribution >= 0.6 is 28.3 Å². The maximum atomic E-state index is 13.1. The summed E-state index contributed by atoms with van der Waals surface area (Å²) >= 11 is 3.45. The number of benzene rings is 2. The molecule has 25 heavy (non-hydrogen) atoms. The number of rotatable bonds is 3. The van der Waals surface area contributed by atoms with Crippen LogP contribution in [0, 0.1) is 0 Å². The van der Waals surface area contributed by atoms with Crippen molar-refractivity contribution in [3.05, 3.63) is 88.4 Å². The molecule has 0 saturated heterocycles. The van der Waals surface area contributed by atoms with Crippen LogP contribution < -0.4 is 0 Å². The highest BCUT2D eigenvalue weighted by Crippen LogP contribution is 2.30. The van der Waals surface area contributed by atoms with Crippen molar-refractivity contribution in [3.63, 3.8) is 0 Å². The first-order valence-corrected chi connectivity index (χ1v) is 8.60. The van der Waals surface area contributed by atoms with Crippen molar-refractivity contribution in [3.8, 4) is 0 Å². The average molecular weight is 419 g/mol. The number of aromatic nitrogens is 2. The number of hydrogen-bond acceptors (Lipinski definition) is 2. The molecule has 1 aliphatic rings. The molecular weight excluding hydrogens is 402 g/mol. The van der Waals surface area contributed by atoms with E-state index in [-0.39, 0.29) is 24.4 Å². The zero-order valence-corrected chi connectivity index (χ0v) is 15.8. The molecule has 0 fully saturated rings. The van der Waals surface area contributed by atoms with Gasteiger partial charge in [-0.25, -0.2) is 4.98 Å². The fourth-order valence-corrected chi connectivity index (χ4v) is 3.40. The SMILES string of the molecule is Cl.O=C1C(c2ccc(Br)cc2)n2cncc2CN1Cc1ccccc1. The molecule has 0 spiro atoms. The van der Waals surface area contributed by atoms with Crippen molar-refractivity contribution >= 4 is 34.2 Å². The van der Waals surface area contributed by atoms with Crippen LogP contribution in [-0.2, 0) is 17.9 Å². The van der Waals surface area contributed by atoms with E-state index in [2.05, 4.69) is 20.9 Å². The lowest BCUT2D eigenvalue weighted by Crippen LogP contribution is -2.42. The van der Waals surface area contributed by atoms with E-state index in [9.17, 15) is 4.79 Å². The van der Waals surface area contributed by atoms with Gasteiger partial charge in [0, 0.05) is 17.2 Å². The second kappa shape index (κ2) is 7.42. The van der Waals surface area contributed by atoms with Crippen LogP contribution in [0.25, 0.3) is 0 Å². The van der Waals surface area contributed by atoms with Crippen LogP contribution in [0.2, 0.25) is 0 Å². The van der Waals surface area contributed by atoms with Crippen molar-refractivity contribution in [1.82, 2.24) is 14.5 Å². The third-order valence-corrected chi connectivity index (χ3v) is 4.85. The maximum Gasteiger partial charge on any atom is 0.250 e. The van der Waals surface area contributed by atoms with E-state index >= 15 is 0 Å². The van der Waals surface area contributed by atoms with Gasteiger partial charge in [-0.05, 0) is 23.3 Å². The molecule has 2 aromatic carbocycles. The molecule has 1 aromatic heterocycles. The smallest absolute Gasteiger partial charge is 0.250 e. The first kappa shape index (κ1) is 17.7. The third kappa shape index (κ3) is 3.48. The summed E-state index contributed by atoms with van der Waals surface area (Å²) in [5.74, 6) is 0.103. The maximum absolute atomic E-state index is 13.1. The number of nitrogens with zero attached hydrogens (tertiary/aromatic N) is 3. The molecule has 4 nitrogen and oxygen atoms in total. The molecule has 0 aliphatic carbocycles. The minimum Gasteiger partial charge on any atom is -0.330 e. The summed E-state index contributed by atoms with van der Waals surface area (Å²) < 4.78 is 2.98. The summed E-state index contributed by atoms with van der Waals surface area (Å²) in [4.78, 5) is 19.3. The summed E-state index contributed by atoms with van der Waals surface area (Å²) in [7, 11) is 0. The number of hydrogen-bond donors (Lipinski definition) is 0. The minimum absolute atomic E-state index is 0. The molecule has 0 radical (unpaired) electrons. The third-order valence-electron chi connectivity index (χ3n) is 4.32. The number of imidazole rings is 1. The highest BCUT2D eigenvalue weighted by Gasteiger charge is 2.33. The van der Waals surface area contributed by atoms with E-state index in [1.54, 1.807) is 6.33 Å². The Kier molecular flexibility index (Phi) is 5.25. The van der Waals surface area contributed by atoms with Crippen molar-refractivity contribution < 1.29 is 4.79 Å². The summed E-state index contributed by atoms with van der Waals surface area (Å²) in [6.07, 6.45) is 3.59. The Bertz CT molecular complexity index is 864. The fraction of sp³-hybridized carbons (Fsp3) is 0.158. The van der Waals surface area contributed by atoms with Gasteiger partial charge in [0.2, 0.25) is 0 Å². The number of carbonyl (C=O) groups is 1. The van der Waals surface area contributed by atoms with E-state index in [0.717, 1.165) is 21.3 Å². The lowest BCUT2D eigenvalue weighted by Gasteiger charge is -2.34. The normalized spacial score (nSPS) is 16.3. The molecule has 1 unspecified atom stereocenters. The monoisotopic (exact) mass is 417 g/mol. The van der Waals surface area contributed by atoms with Gasteiger partial charge in [-0.2, -0.15) is 0 Å². The van der Waals surface area contributed by atoms with Crippen LogP contribution in [0.5, 0.6) is 0 Å². The highest BCUT2D eigenvalue weighted by atomic mass is 79.9. The molecule has 1 amide bonds. The number of carbonyl (C=O) groups excluding carboxylic acids is 1. The quantitative estimate of drug-likeness (QED) is 0.639. The van der Waals surface area contributed by atoms with Crippen molar-refractivity contribution in [1.29, 1.82) is 0 Å². The second-order valence-corrected chi connectivity index (χ2v) is 6.84. The number of halogens is 2. The Labute approximate surface area is 161 Å². The predicted octanol–water partition coefficient (Wildman–Crippen LogP) is 4.20. The predicted molar refractivity (Wildman–Crippen MR) is 102 cm³/mol. The largest absolute Gasteiger partial charge is 0.330 e. The summed E-state index contributed by atoms with van der Waals surface area (Å²) in [6, 6.07) is 17.6. The molecular formula is C19H17BrClN3O. The van der Waals surface area contributed by atoms with Gasteiger partial charge in [-0.15, -0.1) is 12.4 Å². The van der Waals surface area contributed by atoms with Crippen molar-refractivity contribution in [2.45, 2.75) is 19.1 Å². The van der Waals surface area contributed by atoms with Crippen molar-refractivity contribution in [2.75, 3.05) is 0 Å². The van der Waals surface area contributed by atoms with Crippen LogP contribution in [0.4, 0.5) is 0 Å². The first-order valence-electron chi connectivity index (χ1n) is 7.81. The van der Waals surface area contributed by atoms with Crippen LogP contribution in [0.1, 0.15) is 22.9 Å². The Morgan fingerprint density at radius 1 is 1.08 bits per heavy atom. The Hall–Kier alpha value is -2.11. The summed E-state index contributed by atoms with van der Waals surface area (Å²) in [5.41, 5.74) is 3.16. The Morgan fingerprint density at radius 2 is 1.80 bits per heavy atom. The summed E-state index contributed by atoms with van der Waals surface area (Å²) in [6.45, 7) is 1.19. The Balaban J connectivity index is 0.00000182. The van der Waals surface area contributed by atoms with Crippen LogP contribution in [-0.4, -0.2) is 20.4 Å². The van der Waals surface area contributed by atoms with E-state index in [1.165, 1.54) is 0 Å². The molecule has 6 heteroatoms. The zero-order valence-electron chi connectivity index (χ0n) is 13.4. The van der Waals surface area contributed by atoms with E-state index in [4.69, 9.17) is 0 Å². The van der Waals surface area contributed by atoms with Gasteiger partial charge in [-0.1, -0.05) is 58.4 Å². The molecule has 1 atom stereocenters. The number of fused-ring (bicyclic) bond motifs is 1. The molecule has 0 bridgehead atoms. The van der Waals surface area contributed by atoms with E-state index < -0.39 is 0 Å². The molecule has 2 heterocycles. The number of amides is 1. The molecule has 3 aromatic rings. The molecule has 0 saturated carbocycles. The van der Waals surface area contributed by atoms with Crippen molar-refractivity contribution in [2.24, 2.45) is 0 Å².